The number of ether oxygens (including phenoxy) is 2. The molecule has 0 amide bonds. The highest BCUT2D eigenvalue weighted by molar-refractivity contribution is 7.22. The van der Waals surface area contributed by atoms with Crippen molar-refractivity contribution in [1.82, 2.24) is 9.88 Å². The van der Waals surface area contributed by atoms with E-state index >= 15 is 0 Å². The normalized spacial score (nSPS) is 15.3. The summed E-state index contributed by atoms with van der Waals surface area (Å²) in [6, 6.07) is 14.7. The summed E-state index contributed by atoms with van der Waals surface area (Å²) in [5.74, 6) is 0.864. The predicted octanol–water partition coefficient (Wildman–Crippen LogP) is 3.75. The molecule has 0 spiro atoms. The zero-order valence-corrected chi connectivity index (χ0v) is 15.7. The van der Waals surface area contributed by atoms with Crippen LogP contribution in [0.15, 0.2) is 42.5 Å². The lowest BCUT2D eigenvalue weighted by molar-refractivity contribution is 0.0342. The minimum Gasteiger partial charge on any atom is -0.497 e. The van der Waals surface area contributed by atoms with E-state index in [0.29, 0.717) is 0 Å². The summed E-state index contributed by atoms with van der Waals surface area (Å²) < 4.78 is 11.8. The Balaban J connectivity index is 1.40. The Hall–Kier alpha value is -2.15. The lowest BCUT2D eigenvalue weighted by Gasteiger charge is -2.26. The fourth-order valence-electron chi connectivity index (χ4n) is 3.14. The number of morpholine rings is 1. The predicted molar refractivity (Wildman–Crippen MR) is 106 cm³/mol. The third-order valence-corrected chi connectivity index (χ3v) is 5.52. The lowest BCUT2D eigenvalue weighted by atomic mass is 10.1. The van der Waals surface area contributed by atoms with Crippen LogP contribution >= 0.6 is 11.3 Å². The average Bonchev–Trinajstić information content (AvgIpc) is 3.09. The second kappa shape index (κ2) is 8.03. The maximum atomic E-state index is 5.42. The van der Waals surface area contributed by atoms with Crippen LogP contribution in [0.2, 0.25) is 0 Å². The molecule has 0 atom stereocenters. The summed E-state index contributed by atoms with van der Waals surface area (Å²) in [6.45, 7) is 5.45. The van der Waals surface area contributed by atoms with E-state index in [0.717, 1.165) is 60.5 Å². The second-order valence-electron chi connectivity index (χ2n) is 6.41. The van der Waals surface area contributed by atoms with Crippen LogP contribution in [0.25, 0.3) is 10.2 Å². The van der Waals surface area contributed by atoms with Gasteiger partial charge in [0, 0.05) is 26.2 Å². The number of hydrogen-bond donors (Lipinski definition) is 1. The van der Waals surface area contributed by atoms with E-state index in [1.54, 1.807) is 18.4 Å². The van der Waals surface area contributed by atoms with E-state index in [1.165, 1.54) is 11.1 Å². The molecule has 0 unspecified atom stereocenters. The van der Waals surface area contributed by atoms with E-state index in [4.69, 9.17) is 9.47 Å². The Morgan fingerprint density at radius 1 is 1.15 bits per heavy atom. The smallest absolute Gasteiger partial charge is 0.184 e. The molecule has 4 rings (SSSR count). The molecule has 0 radical (unpaired) electrons. The van der Waals surface area contributed by atoms with Gasteiger partial charge in [-0.25, -0.2) is 4.98 Å². The third kappa shape index (κ3) is 4.15. The molecule has 1 fully saturated rings. The van der Waals surface area contributed by atoms with E-state index < -0.39 is 0 Å². The van der Waals surface area contributed by atoms with Crippen LogP contribution in [0.1, 0.15) is 11.1 Å². The van der Waals surface area contributed by atoms with Gasteiger partial charge in [0.1, 0.15) is 5.75 Å². The molecule has 1 aliphatic rings. The van der Waals surface area contributed by atoms with Gasteiger partial charge < -0.3 is 14.8 Å². The first-order chi connectivity index (χ1) is 12.8. The Labute approximate surface area is 157 Å². The van der Waals surface area contributed by atoms with Crippen LogP contribution in [0, 0.1) is 0 Å². The van der Waals surface area contributed by atoms with Gasteiger partial charge in [0.25, 0.3) is 0 Å². The number of methoxy groups -OCH3 is 1. The van der Waals surface area contributed by atoms with E-state index in [1.807, 2.05) is 18.2 Å². The molecule has 1 aromatic heterocycles. The molecule has 0 saturated carbocycles. The third-order valence-electron chi connectivity index (χ3n) is 4.54. The quantitative estimate of drug-likeness (QED) is 0.717. The highest BCUT2D eigenvalue weighted by atomic mass is 32.1. The zero-order chi connectivity index (χ0) is 17.8. The summed E-state index contributed by atoms with van der Waals surface area (Å²) in [5.41, 5.74) is 3.62. The van der Waals surface area contributed by atoms with Gasteiger partial charge >= 0.3 is 0 Å². The number of fused-ring (bicyclic) bond motifs is 1. The number of thiazole rings is 1. The van der Waals surface area contributed by atoms with Crippen LogP contribution in [-0.2, 0) is 17.8 Å². The Morgan fingerprint density at radius 2 is 2.00 bits per heavy atom. The zero-order valence-electron chi connectivity index (χ0n) is 14.9. The summed E-state index contributed by atoms with van der Waals surface area (Å²) in [7, 11) is 1.69. The minimum atomic E-state index is 0.772. The SMILES string of the molecule is COc1ccc2nc(NCc3cccc(CN4CCOCC4)c3)sc2c1. The van der Waals surface area contributed by atoms with Crippen molar-refractivity contribution in [3.8, 4) is 5.75 Å². The van der Waals surface area contributed by atoms with Gasteiger partial charge in [-0.1, -0.05) is 35.6 Å². The maximum Gasteiger partial charge on any atom is 0.184 e. The molecule has 2 aromatic carbocycles. The van der Waals surface area contributed by atoms with Crippen molar-refractivity contribution in [2.45, 2.75) is 13.1 Å². The van der Waals surface area contributed by atoms with Gasteiger partial charge in [0.2, 0.25) is 0 Å². The summed E-state index contributed by atoms with van der Waals surface area (Å²) in [6.07, 6.45) is 0. The second-order valence-corrected chi connectivity index (χ2v) is 7.45. The van der Waals surface area contributed by atoms with Gasteiger partial charge in [-0.3, -0.25) is 4.90 Å². The summed E-state index contributed by atoms with van der Waals surface area (Å²) >= 11 is 1.65. The fourth-order valence-corrected chi connectivity index (χ4v) is 4.03. The van der Waals surface area contributed by atoms with Gasteiger partial charge in [-0.2, -0.15) is 0 Å². The number of hydrogen-bond acceptors (Lipinski definition) is 6. The molecule has 3 aromatic rings. The topological polar surface area (TPSA) is 46.6 Å². The number of nitrogens with zero attached hydrogens (tertiary/aromatic N) is 2. The van der Waals surface area contributed by atoms with E-state index in [-0.39, 0.29) is 0 Å². The summed E-state index contributed by atoms with van der Waals surface area (Å²) in [5, 5.41) is 4.39. The first-order valence-electron chi connectivity index (χ1n) is 8.86. The molecule has 6 heteroatoms. The van der Waals surface area contributed by atoms with Gasteiger partial charge in [-0.15, -0.1) is 0 Å². The van der Waals surface area contributed by atoms with Crippen LogP contribution in [-0.4, -0.2) is 43.3 Å². The number of rotatable bonds is 6. The molecule has 1 aliphatic heterocycles. The van der Waals surface area contributed by atoms with Crippen LogP contribution in [0.3, 0.4) is 0 Å². The van der Waals surface area contributed by atoms with E-state index in [2.05, 4.69) is 39.5 Å². The number of aromatic nitrogens is 1. The molecule has 26 heavy (non-hydrogen) atoms. The highest BCUT2D eigenvalue weighted by Crippen LogP contribution is 2.29. The summed E-state index contributed by atoms with van der Waals surface area (Å²) in [4.78, 5) is 7.09. The van der Waals surface area contributed by atoms with Crippen LogP contribution in [0.4, 0.5) is 5.13 Å². The largest absolute Gasteiger partial charge is 0.497 e. The first kappa shape index (κ1) is 17.3. The average molecular weight is 369 g/mol. The van der Waals surface area contributed by atoms with Crippen LogP contribution in [0.5, 0.6) is 5.75 Å². The molecule has 2 heterocycles. The molecular formula is C20H23N3O2S. The fraction of sp³-hybridized carbons (Fsp3) is 0.350. The van der Waals surface area contributed by atoms with Crippen molar-refractivity contribution in [1.29, 1.82) is 0 Å². The van der Waals surface area contributed by atoms with Crippen molar-refractivity contribution < 1.29 is 9.47 Å². The molecule has 136 valence electrons. The van der Waals surface area contributed by atoms with Crippen LogP contribution < -0.4 is 10.1 Å². The molecule has 1 N–H and O–H groups in total. The number of benzene rings is 2. The maximum absolute atomic E-state index is 5.42. The molecule has 5 nitrogen and oxygen atoms in total. The van der Waals surface area contributed by atoms with Crippen molar-refractivity contribution in [2.24, 2.45) is 0 Å². The van der Waals surface area contributed by atoms with Gasteiger partial charge in [0.05, 0.1) is 30.5 Å². The molecule has 1 saturated heterocycles. The molecular weight excluding hydrogens is 346 g/mol. The molecule has 0 aliphatic carbocycles. The van der Waals surface area contributed by atoms with Crippen molar-refractivity contribution >= 4 is 26.7 Å². The number of anilines is 1. The van der Waals surface area contributed by atoms with Crippen molar-refractivity contribution in [3.05, 3.63) is 53.6 Å². The highest BCUT2D eigenvalue weighted by Gasteiger charge is 2.11. The Kier molecular flexibility index (Phi) is 5.34. The standard InChI is InChI=1S/C20H23N3O2S/c1-24-17-5-6-18-19(12-17)26-20(22-18)21-13-15-3-2-4-16(11-15)14-23-7-9-25-10-8-23/h2-6,11-12H,7-10,13-14H2,1H3,(H,21,22). The van der Waals surface area contributed by atoms with E-state index in [9.17, 15) is 0 Å². The number of nitrogens with one attached hydrogen (secondary N) is 1. The van der Waals surface area contributed by atoms with Gasteiger partial charge in [0.15, 0.2) is 5.13 Å². The van der Waals surface area contributed by atoms with Gasteiger partial charge in [-0.05, 0) is 29.3 Å². The Morgan fingerprint density at radius 3 is 2.85 bits per heavy atom. The minimum absolute atomic E-state index is 0.772. The van der Waals surface area contributed by atoms with Crippen molar-refractivity contribution in [2.75, 3.05) is 38.7 Å². The van der Waals surface area contributed by atoms with Crippen molar-refractivity contribution in [3.63, 3.8) is 0 Å². The Bertz CT molecular complexity index is 874. The first-order valence-corrected chi connectivity index (χ1v) is 9.68. The monoisotopic (exact) mass is 369 g/mol. The lowest BCUT2D eigenvalue weighted by Crippen LogP contribution is -2.35. The molecule has 0 bridgehead atoms.